The van der Waals surface area contributed by atoms with Crippen LogP contribution < -0.4 is 0 Å². The Balaban J connectivity index is 1.31. The number of rotatable bonds is 5. The number of carbonyl (C=O) groups is 2. The third-order valence-corrected chi connectivity index (χ3v) is 12.3. The van der Waals surface area contributed by atoms with Gasteiger partial charge in [-0.2, -0.15) is 0 Å². The van der Waals surface area contributed by atoms with Gasteiger partial charge in [0.25, 0.3) is 0 Å². The molecule has 0 aromatic heterocycles. The Hall–Kier alpha value is -1.64. The molecule has 0 amide bonds. The Morgan fingerprint density at radius 3 is 2.44 bits per heavy atom. The van der Waals surface area contributed by atoms with Crippen LogP contribution in [0.1, 0.15) is 72.1 Å². The van der Waals surface area contributed by atoms with Gasteiger partial charge in [0, 0.05) is 23.8 Å². The number of cyclic esters (lactones) is 1. The van der Waals surface area contributed by atoms with Gasteiger partial charge in [0.15, 0.2) is 6.29 Å². The van der Waals surface area contributed by atoms with E-state index in [1.165, 1.54) is 6.08 Å². The van der Waals surface area contributed by atoms with Crippen LogP contribution in [0.2, 0.25) is 0 Å². The first-order chi connectivity index (χ1) is 20.2. The van der Waals surface area contributed by atoms with E-state index in [0.717, 1.165) is 5.57 Å². The van der Waals surface area contributed by atoms with Crippen molar-refractivity contribution in [2.75, 3.05) is 13.2 Å². The summed E-state index contributed by atoms with van der Waals surface area (Å²) in [6.07, 6.45) is -4.41. The number of carbonyl (C=O) groups excluding carboxylic acids is 2. The van der Waals surface area contributed by atoms with Gasteiger partial charge in [0.1, 0.15) is 30.3 Å². The molecule has 4 aliphatic carbocycles. The topological polar surface area (TPSA) is 192 Å². The molecule has 6 aliphatic rings. The number of hydrogen-bond donors (Lipinski definition) is 6. The summed E-state index contributed by atoms with van der Waals surface area (Å²) < 4.78 is 22.5. The molecule has 6 rings (SSSR count). The minimum Gasteiger partial charge on any atom is -0.465 e. The standard InChI is InChI=1S/C31H46O12/c1-4-40-27(37)30-9-5-17(43-26-25(36)24(35)23(34)15(2)42-26)12-29(30,38)8-6-19-22(30)20(32)13-28(3)18(7-10-31(19,28)39)16-11-21(33)41-14-16/h11,15,17-20,22-26,32,34-36,38-39H,4-10,12-14H2,1-3H3/t15-,17-,18+,19-,20+,22+,23+,24+,25+,26-,28+,29-,30+,31-/m0/s1. The van der Waals surface area contributed by atoms with E-state index in [9.17, 15) is 40.2 Å². The van der Waals surface area contributed by atoms with Crippen molar-refractivity contribution < 1.29 is 59.2 Å². The van der Waals surface area contributed by atoms with Crippen molar-refractivity contribution in [2.45, 2.75) is 126 Å². The van der Waals surface area contributed by atoms with Crippen LogP contribution in [0.15, 0.2) is 11.6 Å². The smallest absolute Gasteiger partial charge is 0.331 e. The first-order valence-corrected chi connectivity index (χ1v) is 15.7. The minimum absolute atomic E-state index is 0.00791. The Labute approximate surface area is 251 Å². The van der Waals surface area contributed by atoms with Crippen molar-refractivity contribution >= 4 is 11.9 Å². The van der Waals surface area contributed by atoms with Gasteiger partial charge < -0.3 is 49.6 Å². The summed E-state index contributed by atoms with van der Waals surface area (Å²) in [7, 11) is 0. The van der Waals surface area contributed by atoms with Crippen molar-refractivity contribution in [2.24, 2.45) is 28.6 Å². The second-order valence-corrected chi connectivity index (χ2v) is 14.1. The molecule has 14 atom stereocenters. The second-order valence-electron chi connectivity index (χ2n) is 14.1. The maximum Gasteiger partial charge on any atom is 0.331 e. The monoisotopic (exact) mass is 610 g/mol. The van der Waals surface area contributed by atoms with Crippen LogP contribution in [0, 0.1) is 28.6 Å². The van der Waals surface area contributed by atoms with Gasteiger partial charge in [0.2, 0.25) is 0 Å². The van der Waals surface area contributed by atoms with Crippen molar-refractivity contribution in [3.8, 4) is 0 Å². The zero-order valence-corrected chi connectivity index (χ0v) is 25.1. The molecule has 0 bridgehead atoms. The van der Waals surface area contributed by atoms with Crippen molar-refractivity contribution in [3.05, 3.63) is 11.6 Å². The molecule has 5 fully saturated rings. The number of ether oxygens (including phenoxy) is 4. The number of aliphatic hydroxyl groups excluding tert-OH is 4. The predicted molar refractivity (Wildman–Crippen MR) is 147 cm³/mol. The summed E-state index contributed by atoms with van der Waals surface area (Å²) in [5.41, 5.74) is -4.37. The molecule has 43 heavy (non-hydrogen) atoms. The average Bonchev–Trinajstić information content (AvgIpc) is 3.49. The highest BCUT2D eigenvalue weighted by atomic mass is 16.7. The summed E-state index contributed by atoms with van der Waals surface area (Å²) in [6.45, 7) is 5.45. The van der Waals surface area contributed by atoms with Gasteiger partial charge in [-0.15, -0.1) is 0 Å². The molecule has 12 nitrogen and oxygen atoms in total. The summed E-state index contributed by atoms with van der Waals surface area (Å²) in [5.74, 6) is -2.47. The summed E-state index contributed by atoms with van der Waals surface area (Å²) in [4.78, 5) is 25.9. The lowest BCUT2D eigenvalue weighted by molar-refractivity contribution is -0.322. The van der Waals surface area contributed by atoms with E-state index in [0.29, 0.717) is 19.3 Å². The SMILES string of the molecule is CCOC(=O)[C@]12CC[C@H](O[C@@H]3O[C@@H](C)[C@@H](O)[C@@H](O)[C@H]3O)C[C@@]1(O)CC[C@H]1[C@@H]2[C@H](O)C[C@]2(C)[C@@H](C3=CC(=O)OC3)CC[C@]12O. The average molecular weight is 611 g/mol. The van der Waals surface area contributed by atoms with E-state index in [4.69, 9.17) is 18.9 Å². The van der Waals surface area contributed by atoms with E-state index in [1.54, 1.807) is 13.8 Å². The maximum absolute atomic E-state index is 14.0. The van der Waals surface area contributed by atoms with E-state index < -0.39 is 88.7 Å². The molecule has 242 valence electrons. The van der Waals surface area contributed by atoms with E-state index in [1.807, 2.05) is 6.92 Å². The molecule has 0 aromatic carbocycles. The fourth-order valence-electron chi connectivity index (χ4n) is 10.2. The van der Waals surface area contributed by atoms with E-state index >= 15 is 0 Å². The molecule has 0 spiro atoms. The quantitative estimate of drug-likeness (QED) is 0.182. The Kier molecular flexibility index (Phi) is 7.82. The fraction of sp³-hybridized carbons (Fsp3) is 0.871. The number of esters is 2. The van der Waals surface area contributed by atoms with Gasteiger partial charge in [0.05, 0.1) is 36.1 Å². The van der Waals surface area contributed by atoms with E-state index in [-0.39, 0.29) is 51.2 Å². The van der Waals surface area contributed by atoms with Gasteiger partial charge in [-0.05, 0) is 76.2 Å². The van der Waals surface area contributed by atoms with Gasteiger partial charge in [-0.1, -0.05) is 6.92 Å². The highest BCUT2D eigenvalue weighted by Gasteiger charge is 2.76. The summed E-state index contributed by atoms with van der Waals surface area (Å²) >= 11 is 0. The van der Waals surface area contributed by atoms with Crippen LogP contribution in [0.25, 0.3) is 0 Å². The first kappa shape index (κ1) is 31.3. The zero-order chi connectivity index (χ0) is 31.1. The lowest BCUT2D eigenvalue weighted by Gasteiger charge is -2.66. The second kappa shape index (κ2) is 10.7. The Morgan fingerprint density at radius 1 is 1.02 bits per heavy atom. The molecule has 0 radical (unpaired) electrons. The third kappa shape index (κ3) is 4.39. The molecule has 0 aromatic rings. The van der Waals surface area contributed by atoms with Crippen LogP contribution in [0.5, 0.6) is 0 Å². The molecule has 1 saturated heterocycles. The molecular formula is C31H46O12. The van der Waals surface area contributed by atoms with Crippen LogP contribution >= 0.6 is 0 Å². The summed E-state index contributed by atoms with van der Waals surface area (Å²) in [6, 6.07) is 0. The maximum atomic E-state index is 14.0. The molecule has 4 saturated carbocycles. The lowest BCUT2D eigenvalue weighted by Crippen LogP contribution is -2.73. The molecule has 2 heterocycles. The normalized spacial score (nSPS) is 52.9. The van der Waals surface area contributed by atoms with Gasteiger partial charge >= 0.3 is 11.9 Å². The molecule has 6 N–H and O–H groups in total. The van der Waals surface area contributed by atoms with E-state index in [2.05, 4.69) is 0 Å². The van der Waals surface area contributed by atoms with Crippen molar-refractivity contribution in [3.63, 3.8) is 0 Å². The van der Waals surface area contributed by atoms with Crippen LogP contribution in [-0.4, -0.2) is 110 Å². The van der Waals surface area contributed by atoms with Crippen molar-refractivity contribution in [1.29, 1.82) is 0 Å². The van der Waals surface area contributed by atoms with Crippen LogP contribution in [0.4, 0.5) is 0 Å². The fourth-order valence-corrected chi connectivity index (χ4v) is 10.2. The Bertz CT molecular complexity index is 1160. The minimum atomic E-state index is -1.65. The zero-order valence-electron chi connectivity index (χ0n) is 25.1. The highest BCUT2D eigenvalue weighted by molar-refractivity contribution is 5.85. The highest BCUT2D eigenvalue weighted by Crippen LogP contribution is 2.71. The number of fused-ring (bicyclic) bond motifs is 5. The van der Waals surface area contributed by atoms with Crippen molar-refractivity contribution in [1.82, 2.24) is 0 Å². The largest absolute Gasteiger partial charge is 0.465 e. The number of hydrogen-bond acceptors (Lipinski definition) is 12. The Morgan fingerprint density at radius 2 is 1.77 bits per heavy atom. The predicted octanol–water partition coefficient (Wildman–Crippen LogP) is 0.0850. The van der Waals surface area contributed by atoms with Gasteiger partial charge in [-0.25, -0.2) is 4.79 Å². The lowest BCUT2D eigenvalue weighted by atomic mass is 9.40. The third-order valence-electron chi connectivity index (χ3n) is 12.3. The molecule has 2 aliphatic heterocycles. The number of aliphatic hydroxyl groups is 6. The first-order valence-electron chi connectivity index (χ1n) is 15.7. The van der Waals surface area contributed by atoms with Gasteiger partial charge in [-0.3, -0.25) is 4.79 Å². The summed E-state index contributed by atoms with van der Waals surface area (Å²) in [5, 5.41) is 67.7. The molecule has 0 unspecified atom stereocenters. The molecule has 12 heteroatoms. The van der Waals surface area contributed by atoms with Crippen LogP contribution in [-0.2, 0) is 28.5 Å². The van der Waals surface area contributed by atoms with Crippen LogP contribution in [0.3, 0.4) is 0 Å². The molecular weight excluding hydrogens is 564 g/mol.